The topological polar surface area (TPSA) is 64.1 Å². The van der Waals surface area contributed by atoms with Gasteiger partial charge in [-0.25, -0.2) is 18.7 Å². The number of amides is 1. The predicted octanol–water partition coefficient (Wildman–Crippen LogP) is 2.08. The van der Waals surface area contributed by atoms with Crippen LogP contribution in [0.25, 0.3) is 0 Å². The summed E-state index contributed by atoms with van der Waals surface area (Å²) in [4.78, 5) is 19.5. The summed E-state index contributed by atoms with van der Waals surface area (Å²) < 4.78 is 32.0. The Morgan fingerprint density at radius 1 is 1.29 bits per heavy atom. The highest BCUT2D eigenvalue weighted by atomic mass is 19.1. The van der Waals surface area contributed by atoms with Crippen molar-refractivity contribution in [3.05, 3.63) is 53.5 Å². The van der Waals surface area contributed by atoms with Gasteiger partial charge >= 0.3 is 0 Å². The van der Waals surface area contributed by atoms with E-state index in [9.17, 15) is 13.6 Å². The van der Waals surface area contributed by atoms with Crippen molar-refractivity contribution in [3.8, 4) is 5.88 Å². The zero-order valence-corrected chi connectivity index (χ0v) is 11.3. The van der Waals surface area contributed by atoms with Crippen LogP contribution in [0.5, 0.6) is 5.88 Å². The number of carbonyl (C=O) groups excluding carboxylic acids is 1. The first-order valence-corrected chi connectivity index (χ1v) is 6.27. The van der Waals surface area contributed by atoms with Gasteiger partial charge in [0.05, 0.1) is 6.61 Å². The van der Waals surface area contributed by atoms with Crippen LogP contribution in [0.4, 0.5) is 8.78 Å². The van der Waals surface area contributed by atoms with E-state index in [-0.39, 0.29) is 23.7 Å². The normalized spacial score (nSPS) is 10.2. The molecule has 0 aliphatic carbocycles. The van der Waals surface area contributed by atoms with Crippen LogP contribution >= 0.6 is 0 Å². The molecule has 0 saturated heterocycles. The van der Waals surface area contributed by atoms with E-state index in [2.05, 4.69) is 15.3 Å². The average Bonchev–Trinajstić information content (AvgIpc) is 2.47. The summed E-state index contributed by atoms with van der Waals surface area (Å²) in [6, 6.07) is 4.87. The Hall–Kier alpha value is -2.57. The van der Waals surface area contributed by atoms with Gasteiger partial charge in [-0.3, -0.25) is 4.79 Å². The summed E-state index contributed by atoms with van der Waals surface area (Å²) in [7, 11) is 0. The molecule has 0 radical (unpaired) electrons. The summed E-state index contributed by atoms with van der Waals surface area (Å²) >= 11 is 0. The van der Waals surface area contributed by atoms with Gasteiger partial charge in [0.15, 0.2) is 0 Å². The fourth-order valence-corrected chi connectivity index (χ4v) is 1.65. The third-order valence-corrected chi connectivity index (χ3v) is 2.65. The van der Waals surface area contributed by atoms with Gasteiger partial charge in [-0.15, -0.1) is 0 Å². The van der Waals surface area contributed by atoms with Crippen molar-refractivity contribution >= 4 is 5.91 Å². The van der Waals surface area contributed by atoms with E-state index in [4.69, 9.17) is 4.74 Å². The first kappa shape index (κ1) is 14.8. The molecule has 1 N–H and O–H groups in total. The fourth-order valence-electron chi connectivity index (χ4n) is 1.65. The lowest BCUT2D eigenvalue weighted by Gasteiger charge is -2.07. The van der Waals surface area contributed by atoms with Crippen LogP contribution in [0.3, 0.4) is 0 Å². The van der Waals surface area contributed by atoms with Crippen LogP contribution in [-0.2, 0) is 6.54 Å². The highest BCUT2D eigenvalue weighted by Gasteiger charge is 2.12. The van der Waals surface area contributed by atoms with Gasteiger partial charge in [0, 0.05) is 18.2 Å². The molecule has 110 valence electrons. The molecule has 0 unspecified atom stereocenters. The number of hydrogen-bond donors (Lipinski definition) is 1. The minimum Gasteiger partial charge on any atom is -0.478 e. The Kier molecular flexibility index (Phi) is 4.76. The third-order valence-electron chi connectivity index (χ3n) is 2.65. The van der Waals surface area contributed by atoms with Crippen molar-refractivity contribution in [2.24, 2.45) is 0 Å². The molecular formula is C14H13F2N3O2. The van der Waals surface area contributed by atoms with Gasteiger partial charge in [0.2, 0.25) is 5.88 Å². The largest absolute Gasteiger partial charge is 0.478 e. The van der Waals surface area contributed by atoms with Gasteiger partial charge < -0.3 is 10.1 Å². The lowest BCUT2D eigenvalue weighted by Crippen LogP contribution is -2.25. The zero-order chi connectivity index (χ0) is 15.2. The molecule has 2 aromatic rings. The summed E-state index contributed by atoms with van der Waals surface area (Å²) in [5.74, 6) is -1.74. The minimum absolute atomic E-state index is 0.0604. The van der Waals surface area contributed by atoms with Crippen LogP contribution in [-0.4, -0.2) is 22.5 Å². The van der Waals surface area contributed by atoms with E-state index in [1.54, 1.807) is 6.92 Å². The number of aromatic nitrogens is 2. The van der Waals surface area contributed by atoms with Crippen LogP contribution in [0.2, 0.25) is 0 Å². The van der Waals surface area contributed by atoms with Crippen LogP contribution in [0, 0.1) is 11.6 Å². The van der Waals surface area contributed by atoms with Crippen molar-refractivity contribution < 1.29 is 18.3 Å². The zero-order valence-electron chi connectivity index (χ0n) is 11.3. The molecule has 0 atom stereocenters. The van der Waals surface area contributed by atoms with Crippen molar-refractivity contribution in [3.63, 3.8) is 0 Å². The number of nitrogens with zero attached hydrogens (tertiary/aromatic N) is 2. The third kappa shape index (κ3) is 3.71. The monoisotopic (exact) mass is 293 g/mol. The van der Waals surface area contributed by atoms with Gasteiger partial charge in [-0.05, 0) is 19.1 Å². The molecule has 0 saturated carbocycles. The molecular weight excluding hydrogens is 280 g/mol. The Morgan fingerprint density at radius 3 is 2.67 bits per heavy atom. The molecule has 1 heterocycles. The van der Waals surface area contributed by atoms with Gasteiger partial charge in [0.25, 0.3) is 5.91 Å². The van der Waals surface area contributed by atoms with E-state index in [0.29, 0.717) is 6.61 Å². The van der Waals surface area contributed by atoms with E-state index in [1.165, 1.54) is 18.5 Å². The van der Waals surface area contributed by atoms with E-state index < -0.39 is 17.5 Å². The smallest absolute Gasteiger partial charge is 0.270 e. The standard InChI is InChI=1S/C14H13F2N3O2/c1-2-21-13-6-12(18-8-19-13)14(20)17-7-9-10(15)4-3-5-11(9)16/h3-6,8H,2,7H2,1H3,(H,17,20). The molecule has 0 fully saturated rings. The fraction of sp³-hybridized carbons (Fsp3) is 0.214. The molecule has 1 aromatic heterocycles. The summed E-state index contributed by atoms with van der Waals surface area (Å²) in [5.41, 5.74) is -0.143. The summed E-state index contributed by atoms with van der Waals surface area (Å²) in [6.07, 6.45) is 1.18. The maximum Gasteiger partial charge on any atom is 0.270 e. The molecule has 2 rings (SSSR count). The molecule has 1 aromatic carbocycles. The first-order chi connectivity index (χ1) is 10.1. The SMILES string of the molecule is CCOc1cc(C(=O)NCc2c(F)cccc2F)ncn1. The average molecular weight is 293 g/mol. The second-order valence-electron chi connectivity index (χ2n) is 4.06. The predicted molar refractivity (Wildman–Crippen MR) is 70.7 cm³/mol. The van der Waals surface area contributed by atoms with Crippen molar-refractivity contribution in [2.75, 3.05) is 6.61 Å². The summed E-state index contributed by atoms with van der Waals surface area (Å²) in [5, 5.41) is 2.40. The molecule has 0 aliphatic heterocycles. The molecule has 1 amide bonds. The number of ether oxygens (including phenoxy) is 1. The molecule has 0 spiro atoms. The Bertz CT molecular complexity index is 630. The molecule has 21 heavy (non-hydrogen) atoms. The van der Waals surface area contributed by atoms with Crippen LogP contribution in [0.15, 0.2) is 30.6 Å². The number of benzene rings is 1. The van der Waals surface area contributed by atoms with Crippen LogP contribution < -0.4 is 10.1 Å². The minimum atomic E-state index is -0.715. The van der Waals surface area contributed by atoms with Crippen molar-refractivity contribution in [1.82, 2.24) is 15.3 Å². The number of halogens is 2. The van der Waals surface area contributed by atoms with E-state index in [1.807, 2.05) is 0 Å². The van der Waals surface area contributed by atoms with Crippen molar-refractivity contribution in [2.45, 2.75) is 13.5 Å². The quantitative estimate of drug-likeness (QED) is 0.916. The lowest BCUT2D eigenvalue weighted by molar-refractivity contribution is 0.0944. The van der Waals surface area contributed by atoms with Crippen LogP contribution in [0.1, 0.15) is 23.0 Å². The number of carbonyl (C=O) groups is 1. The van der Waals surface area contributed by atoms with Crippen molar-refractivity contribution in [1.29, 1.82) is 0 Å². The first-order valence-electron chi connectivity index (χ1n) is 6.27. The second-order valence-corrected chi connectivity index (χ2v) is 4.06. The van der Waals surface area contributed by atoms with Gasteiger partial charge in [0.1, 0.15) is 23.7 Å². The highest BCUT2D eigenvalue weighted by Crippen LogP contribution is 2.12. The Balaban J connectivity index is 2.06. The lowest BCUT2D eigenvalue weighted by atomic mass is 10.2. The Labute approximate surface area is 120 Å². The number of rotatable bonds is 5. The molecule has 0 aliphatic rings. The molecule has 7 heteroatoms. The molecule has 0 bridgehead atoms. The van der Waals surface area contributed by atoms with Gasteiger partial charge in [-0.1, -0.05) is 6.07 Å². The number of hydrogen-bond acceptors (Lipinski definition) is 4. The van der Waals surface area contributed by atoms with Gasteiger partial charge in [-0.2, -0.15) is 0 Å². The Morgan fingerprint density at radius 2 is 2.00 bits per heavy atom. The maximum absolute atomic E-state index is 13.4. The highest BCUT2D eigenvalue weighted by molar-refractivity contribution is 5.92. The second kappa shape index (κ2) is 6.74. The maximum atomic E-state index is 13.4. The number of nitrogens with one attached hydrogen (secondary N) is 1. The van der Waals surface area contributed by atoms with E-state index in [0.717, 1.165) is 12.1 Å². The summed E-state index contributed by atoms with van der Waals surface area (Å²) in [6.45, 7) is 1.91. The van der Waals surface area contributed by atoms with E-state index >= 15 is 0 Å². The molecule has 5 nitrogen and oxygen atoms in total.